The number of nitrogens with zero attached hydrogens (tertiary/aromatic N) is 3. The standard InChI is InChI=1S/C27H24F3N3O3/c1-2-35-24(34)15-33-12-11-17-7-10-22(13-23(17)33)36-16-20-14-31-26(32-25(20)18-3-4-18)19-5-8-21(9-6-19)27(28,29)30/h5-14,18H,2-4,15-16H2,1H3. The fraction of sp³-hybridized carbons (Fsp3) is 0.296. The molecule has 0 amide bonds. The predicted octanol–water partition coefficient (Wildman–Crippen LogP) is 6.14. The van der Waals surface area contributed by atoms with E-state index in [4.69, 9.17) is 9.47 Å². The second-order valence-electron chi connectivity index (χ2n) is 8.71. The zero-order chi connectivity index (χ0) is 25.3. The summed E-state index contributed by atoms with van der Waals surface area (Å²) in [6, 6.07) is 12.5. The van der Waals surface area contributed by atoms with Gasteiger partial charge in [-0.05, 0) is 55.5 Å². The predicted molar refractivity (Wildman–Crippen MR) is 127 cm³/mol. The topological polar surface area (TPSA) is 66.2 Å². The van der Waals surface area contributed by atoms with E-state index < -0.39 is 11.7 Å². The van der Waals surface area contributed by atoms with Gasteiger partial charge in [-0.2, -0.15) is 13.2 Å². The van der Waals surface area contributed by atoms with Gasteiger partial charge in [-0.15, -0.1) is 0 Å². The number of aromatic nitrogens is 3. The van der Waals surface area contributed by atoms with E-state index in [9.17, 15) is 18.0 Å². The highest BCUT2D eigenvalue weighted by molar-refractivity contribution is 5.83. The Morgan fingerprint density at radius 2 is 1.89 bits per heavy atom. The van der Waals surface area contributed by atoms with Gasteiger partial charge in [0.2, 0.25) is 0 Å². The Balaban J connectivity index is 1.34. The third-order valence-electron chi connectivity index (χ3n) is 6.08. The van der Waals surface area contributed by atoms with Crippen LogP contribution in [-0.2, 0) is 28.9 Å². The number of ether oxygens (including phenoxy) is 2. The Morgan fingerprint density at radius 1 is 1.11 bits per heavy atom. The lowest BCUT2D eigenvalue weighted by Gasteiger charge is -2.12. The molecule has 9 heteroatoms. The molecule has 0 bridgehead atoms. The summed E-state index contributed by atoms with van der Waals surface area (Å²) in [5.74, 6) is 1.03. The summed E-state index contributed by atoms with van der Waals surface area (Å²) >= 11 is 0. The molecule has 2 heterocycles. The van der Waals surface area contributed by atoms with Gasteiger partial charge >= 0.3 is 12.1 Å². The molecule has 1 aliphatic carbocycles. The molecule has 1 fully saturated rings. The SMILES string of the molecule is CCOC(=O)Cn1ccc2ccc(OCc3cnc(-c4ccc(C(F)(F)F)cc4)nc3C3CC3)cc21. The Hall–Kier alpha value is -3.88. The van der Waals surface area contributed by atoms with Crippen molar-refractivity contribution >= 4 is 16.9 Å². The minimum absolute atomic E-state index is 0.117. The number of halogens is 3. The molecular weight excluding hydrogens is 471 g/mol. The van der Waals surface area contributed by atoms with Crippen LogP contribution in [0.1, 0.15) is 42.5 Å². The van der Waals surface area contributed by atoms with Gasteiger partial charge in [0, 0.05) is 35.5 Å². The van der Waals surface area contributed by atoms with Crippen molar-refractivity contribution in [3.8, 4) is 17.1 Å². The first kappa shape index (κ1) is 23.8. The smallest absolute Gasteiger partial charge is 0.416 e. The number of hydrogen-bond acceptors (Lipinski definition) is 5. The van der Waals surface area contributed by atoms with Gasteiger partial charge in [0.15, 0.2) is 5.82 Å². The first-order valence-corrected chi connectivity index (χ1v) is 11.7. The van der Waals surface area contributed by atoms with Crippen molar-refractivity contribution < 1.29 is 27.4 Å². The highest BCUT2D eigenvalue weighted by Crippen LogP contribution is 2.41. The van der Waals surface area contributed by atoms with Crippen molar-refractivity contribution in [1.82, 2.24) is 14.5 Å². The Labute approximate surface area is 205 Å². The van der Waals surface area contributed by atoms with Crippen LogP contribution in [0.3, 0.4) is 0 Å². The number of rotatable bonds is 8. The van der Waals surface area contributed by atoms with Crippen molar-refractivity contribution in [3.05, 3.63) is 77.7 Å². The van der Waals surface area contributed by atoms with Crippen LogP contribution in [0.4, 0.5) is 13.2 Å². The highest BCUT2D eigenvalue weighted by Gasteiger charge is 2.31. The first-order chi connectivity index (χ1) is 17.3. The molecule has 0 spiro atoms. The highest BCUT2D eigenvalue weighted by atomic mass is 19.4. The van der Waals surface area contributed by atoms with E-state index in [2.05, 4.69) is 9.97 Å². The van der Waals surface area contributed by atoms with Crippen LogP contribution in [-0.4, -0.2) is 27.1 Å². The summed E-state index contributed by atoms with van der Waals surface area (Å²) in [7, 11) is 0. The van der Waals surface area contributed by atoms with Crippen LogP contribution in [0.25, 0.3) is 22.3 Å². The molecule has 2 aromatic heterocycles. The molecule has 1 saturated carbocycles. The minimum Gasteiger partial charge on any atom is -0.489 e. The van der Waals surface area contributed by atoms with Crippen molar-refractivity contribution in [3.63, 3.8) is 0 Å². The summed E-state index contributed by atoms with van der Waals surface area (Å²) in [5, 5.41) is 0.981. The first-order valence-electron chi connectivity index (χ1n) is 11.7. The van der Waals surface area contributed by atoms with Gasteiger partial charge in [-0.1, -0.05) is 12.1 Å². The zero-order valence-corrected chi connectivity index (χ0v) is 19.6. The van der Waals surface area contributed by atoms with E-state index in [0.717, 1.165) is 47.1 Å². The van der Waals surface area contributed by atoms with Gasteiger partial charge in [0.1, 0.15) is 18.9 Å². The van der Waals surface area contributed by atoms with Crippen LogP contribution in [0, 0.1) is 0 Å². The molecule has 0 N–H and O–H groups in total. The molecule has 36 heavy (non-hydrogen) atoms. The second-order valence-corrected chi connectivity index (χ2v) is 8.71. The summed E-state index contributed by atoms with van der Waals surface area (Å²) in [5.41, 5.74) is 2.40. The van der Waals surface area contributed by atoms with Crippen LogP contribution in [0.5, 0.6) is 5.75 Å². The maximum atomic E-state index is 12.9. The summed E-state index contributed by atoms with van der Waals surface area (Å²) in [6.45, 7) is 2.47. The molecule has 186 valence electrons. The number of benzene rings is 2. The Morgan fingerprint density at radius 3 is 2.58 bits per heavy atom. The normalized spacial score (nSPS) is 13.7. The molecule has 1 aliphatic rings. The summed E-state index contributed by atoms with van der Waals surface area (Å²) < 4.78 is 51.6. The number of fused-ring (bicyclic) bond motifs is 1. The van der Waals surface area contributed by atoms with Crippen LogP contribution >= 0.6 is 0 Å². The van der Waals surface area contributed by atoms with Gasteiger partial charge in [0.05, 0.1) is 23.4 Å². The number of hydrogen-bond donors (Lipinski definition) is 0. The largest absolute Gasteiger partial charge is 0.489 e. The van der Waals surface area contributed by atoms with E-state index in [0.29, 0.717) is 29.7 Å². The minimum atomic E-state index is -4.39. The van der Waals surface area contributed by atoms with E-state index in [1.165, 1.54) is 12.1 Å². The van der Waals surface area contributed by atoms with Crippen molar-refractivity contribution in [1.29, 1.82) is 0 Å². The monoisotopic (exact) mass is 495 g/mol. The van der Waals surface area contributed by atoms with Gasteiger partial charge < -0.3 is 14.0 Å². The van der Waals surface area contributed by atoms with E-state index in [-0.39, 0.29) is 19.1 Å². The molecule has 0 radical (unpaired) electrons. The maximum absolute atomic E-state index is 12.9. The average Bonchev–Trinajstić information content (AvgIpc) is 3.64. The number of alkyl halides is 3. The number of carbonyl (C=O) groups excluding carboxylic acids is 1. The molecule has 0 aliphatic heterocycles. The zero-order valence-electron chi connectivity index (χ0n) is 19.6. The lowest BCUT2D eigenvalue weighted by molar-refractivity contribution is -0.143. The van der Waals surface area contributed by atoms with Crippen molar-refractivity contribution in [2.24, 2.45) is 0 Å². The second kappa shape index (κ2) is 9.64. The van der Waals surface area contributed by atoms with Crippen LogP contribution in [0.15, 0.2) is 60.9 Å². The number of esters is 1. The van der Waals surface area contributed by atoms with Crippen molar-refractivity contribution in [2.75, 3.05) is 6.61 Å². The molecule has 4 aromatic rings. The molecule has 6 nitrogen and oxygen atoms in total. The average molecular weight is 496 g/mol. The third-order valence-corrected chi connectivity index (χ3v) is 6.08. The van der Waals surface area contributed by atoms with E-state index >= 15 is 0 Å². The summed E-state index contributed by atoms with van der Waals surface area (Å²) in [4.78, 5) is 21.0. The van der Waals surface area contributed by atoms with Crippen LogP contribution < -0.4 is 4.74 Å². The molecule has 0 saturated heterocycles. The molecule has 0 atom stereocenters. The van der Waals surface area contributed by atoms with Gasteiger partial charge in [-0.25, -0.2) is 9.97 Å². The molecule has 5 rings (SSSR count). The Kier molecular flexibility index (Phi) is 6.38. The molecular formula is C27H24F3N3O3. The van der Waals surface area contributed by atoms with Crippen LogP contribution in [0.2, 0.25) is 0 Å². The van der Waals surface area contributed by atoms with Gasteiger partial charge in [0.25, 0.3) is 0 Å². The number of carbonyl (C=O) groups is 1. The molecule has 0 unspecified atom stereocenters. The lowest BCUT2D eigenvalue weighted by Crippen LogP contribution is -2.12. The quantitative estimate of drug-likeness (QED) is 0.275. The lowest BCUT2D eigenvalue weighted by atomic mass is 10.1. The Bertz CT molecular complexity index is 1390. The van der Waals surface area contributed by atoms with E-state index in [1.807, 2.05) is 35.0 Å². The third kappa shape index (κ3) is 5.19. The summed E-state index contributed by atoms with van der Waals surface area (Å²) in [6.07, 6.45) is 1.15. The van der Waals surface area contributed by atoms with Gasteiger partial charge in [-0.3, -0.25) is 4.79 Å². The fourth-order valence-corrected chi connectivity index (χ4v) is 4.09. The fourth-order valence-electron chi connectivity index (χ4n) is 4.09. The molecule has 2 aromatic carbocycles. The van der Waals surface area contributed by atoms with E-state index in [1.54, 1.807) is 13.1 Å². The maximum Gasteiger partial charge on any atom is 0.416 e. The van der Waals surface area contributed by atoms with Crippen molar-refractivity contribution in [2.45, 2.75) is 45.0 Å².